The summed E-state index contributed by atoms with van der Waals surface area (Å²) in [6.07, 6.45) is -0.0202. The van der Waals surface area contributed by atoms with Gasteiger partial charge in [-0.1, -0.05) is 0 Å². The molecule has 0 unspecified atom stereocenters. The molecular weight excluding hydrogens is 494 g/mol. The van der Waals surface area contributed by atoms with E-state index in [9.17, 15) is 24.3 Å². The van der Waals surface area contributed by atoms with Gasteiger partial charge in [0.05, 0.1) is 0 Å². The zero-order chi connectivity index (χ0) is 29.7. The lowest BCUT2D eigenvalue weighted by Gasteiger charge is -2.33. The molecule has 0 aliphatic heterocycles. The van der Waals surface area contributed by atoms with Crippen LogP contribution in [0.5, 0.6) is 0 Å². The third kappa shape index (κ3) is 18.5. The molecule has 0 aromatic rings. The van der Waals surface area contributed by atoms with E-state index in [4.69, 9.17) is 15.2 Å². The molecule has 0 saturated carbocycles. The van der Waals surface area contributed by atoms with Gasteiger partial charge in [0, 0.05) is 43.7 Å². The first-order valence-electron chi connectivity index (χ1n) is 13.2. The number of nitrogens with zero attached hydrogens (tertiary/aromatic N) is 1. The second-order valence-electron chi connectivity index (χ2n) is 12.4. The van der Waals surface area contributed by atoms with E-state index in [2.05, 4.69) is 16.0 Å². The number of nitrogens with two attached hydrogens (primary N) is 1. The summed E-state index contributed by atoms with van der Waals surface area (Å²) in [4.78, 5) is 49.4. The predicted molar refractivity (Wildman–Crippen MR) is 146 cm³/mol. The van der Waals surface area contributed by atoms with Crippen molar-refractivity contribution in [1.29, 1.82) is 0 Å². The van der Waals surface area contributed by atoms with Gasteiger partial charge in [0.1, 0.15) is 11.2 Å². The monoisotopic (exact) mass is 545 g/mol. The van der Waals surface area contributed by atoms with Crippen LogP contribution in [-0.4, -0.2) is 82.7 Å². The van der Waals surface area contributed by atoms with Gasteiger partial charge in [-0.3, -0.25) is 4.79 Å². The highest BCUT2D eigenvalue weighted by Crippen LogP contribution is 2.15. The topological polar surface area (TPSA) is 172 Å². The summed E-state index contributed by atoms with van der Waals surface area (Å²) in [5, 5.41) is 17.6. The van der Waals surface area contributed by atoms with Crippen LogP contribution >= 0.6 is 0 Å². The lowest BCUT2D eigenvalue weighted by molar-refractivity contribution is -0.121. The first-order chi connectivity index (χ1) is 17.2. The van der Waals surface area contributed by atoms with Crippen LogP contribution in [0, 0.1) is 0 Å². The van der Waals surface area contributed by atoms with Crippen molar-refractivity contribution in [2.24, 2.45) is 5.73 Å². The number of alkyl carbamates (subject to hydrolysis) is 2. The third-order valence-electron chi connectivity index (χ3n) is 5.11. The third-order valence-corrected chi connectivity index (χ3v) is 5.11. The van der Waals surface area contributed by atoms with Gasteiger partial charge >= 0.3 is 18.3 Å². The highest BCUT2D eigenvalue weighted by atomic mass is 16.6. The van der Waals surface area contributed by atoms with Crippen molar-refractivity contribution >= 4 is 24.2 Å². The van der Waals surface area contributed by atoms with E-state index in [-0.39, 0.29) is 18.9 Å². The number of hydrogen-bond donors (Lipinski definition) is 5. The number of carbonyl (C=O) groups excluding carboxylic acids is 3. The van der Waals surface area contributed by atoms with Crippen LogP contribution in [0.15, 0.2) is 0 Å². The van der Waals surface area contributed by atoms with Gasteiger partial charge in [0.15, 0.2) is 0 Å². The fraction of sp³-hybridized carbons (Fsp3) is 0.846. The van der Waals surface area contributed by atoms with E-state index in [1.54, 1.807) is 41.5 Å². The minimum absolute atomic E-state index is 0.0714. The smallest absolute Gasteiger partial charge is 0.407 e. The molecule has 4 amide bonds. The molecule has 0 heterocycles. The molecule has 6 N–H and O–H groups in total. The molecular formula is C26H51N5O7. The molecule has 0 aromatic heterocycles. The molecule has 0 saturated heterocycles. The van der Waals surface area contributed by atoms with Gasteiger partial charge in [-0.25, -0.2) is 14.4 Å². The van der Waals surface area contributed by atoms with Crippen LogP contribution in [0.2, 0.25) is 0 Å². The molecule has 0 spiro atoms. The average Bonchev–Trinajstić information content (AvgIpc) is 2.68. The molecule has 0 aliphatic rings. The quantitative estimate of drug-likeness (QED) is 0.218. The zero-order valence-corrected chi connectivity index (χ0v) is 24.7. The van der Waals surface area contributed by atoms with E-state index in [0.29, 0.717) is 38.8 Å². The van der Waals surface area contributed by atoms with Crippen molar-refractivity contribution in [1.82, 2.24) is 20.9 Å². The first-order valence-corrected chi connectivity index (χ1v) is 13.2. The standard InChI is InChI=1S/C26H51N5O7/c1-24(2,3)31(23(35)36)15-11-12-18(27)16-20(32)29-17-19(30-22(34)38-26(7,8)9)13-10-14-28-21(33)37-25(4,5)6/h18-19H,10-17,27H2,1-9H3,(H,28,33)(H,29,32)(H,30,34)(H,35,36)/t18-,19+/m0/s1. The Morgan fingerprint density at radius 1 is 0.842 bits per heavy atom. The predicted octanol–water partition coefficient (Wildman–Crippen LogP) is 3.58. The van der Waals surface area contributed by atoms with Gasteiger partial charge in [-0.2, -0.15) is 0 Å². The van der Waals surface area contributed by atoms with Gasteiger partial charge in [0.25, 0.3) is 0 Å². The van der Waals surface area contributed by atoms with Gasteiger partial charge in [0.2, 0.25) is 5.91 Å². The molecule has 0 fully saturated rings. The molecule has 0 bridgehead atoms. The summed E-state index contributed by atoms with van der Waals surface area (Å²) >= 11 is 0. The molecule has 0 aromatic carbocycles. The number of nitrogens with one attached hydrogen (secondary N) is 3. The van der Waals surface area contributed by atoms with Crippen LogP contribution in [0.25, 0.3) is 0 Å². The van der Waals surface area contributed by atoms with Crippen LogP contribution in [0.3, 0.4) is 0 Å². The normalized spacial score (nSPS) is 13.6. The number of amides is 4. The van der Waals surface area contributed by atoms with Gasteiger partial charge < -0.3 is 41.2 Å². The number of ether oxygens (including phenoxy) is 2. The van der Waals surface area contributed by atoms with Gasteiger partial charge in [-0.15, -0.1) is 0 Å². The summed E-state index contributed by atoms with van der Waals surface area (Å²) in [5.41, 5.74) is 4.31. The minimum atomic E-state index is -0.992. The van der Waals surface area contributed by atoms with E-state index >= 15 is 0 Å². The fourth-order valence-corrected chi connectivity index (χ4v) is 3.43. The van der Waals surface area contributed by atoms with Crippen LogP contribution < -0.4 is 21.7 Å². The summed E-state index contributed by atoms with van der Waals surface area (Å²) in [6.45, 7) is 16.9. The molecule has 12 heteroatoms. The van der Waals surface area contributed by atoms with Crippen molar-refractivity contribution in [3.05, 3.63) is 0 Å². The number of carbonyl (C=O) groups is 4. The van der Waals surface area contributed by atoms with Crippen LogP contribution in [0.1, 0.15) is 94.4 Å². The number of carboxylic acid groups (broad SMARTS) is 1. The Balaban J connectivity index is 4.74. The highest BCUT2D eigenvalue weighted by Gasteiger charge is 2.26. The van der Waals surface area contributed by atoms with Crippen molar-refractivity contribution in [2.45, 2.75) is 123 Å². The maximum absolute atomic E-state index is 12.5. The average molecular weight is 546 g/mol. The number of rotatable bonds is 13. The summed E-state index contributed by atoms with van der Waals surface area (Å²) in [7, 11) is 0. The summed E-state index contributed by atoms with van der Waals surface area (Å²) in [6, 6.07) is -0.859. The molecule has 0 rings (SSSR count). The molecule has 12 nitrogen and oxygen atoms in total. The Labute approximate surface area is 227 Å². The molecule has 0 radical (unpaired) electrons. The minimum Gasteiger partial charge on any atom is -0.465 e. The molecule has 2 atom stereocenters. The van der Waals surface area contributed by atoms with Gasteiger partial charge in [-0.05, 0) is 88.0 Å². The van der Waals surface area contributed by atoms with E-state index in [0.717, 1.165) is 0 Å². The van der Waals surface area contributed by atoms with Crippen molar-refractivity contribution in [3.63, 3.8) is 0 Å². The SMILES string of the molecule is CC(C)(C)OC(=O)NCCC[C@H](CNC(=O)C[C@@H](N)CCCN(C(=O)O)C(C)(C)C)NC(=O)OC(C)(C)C. The van der Waals surface area contributed by atoms with Crippen LogP contribution in [-0.2, 0) is 14.3 Å². The second-order valence-corrected chi connectivity index (χ2v) is 12.4. The maximum atomic E-state index is 12.5. The Kier molecular flexibility index (Phi) is 14.5. The van der Waals surface area contributed by atoms with Crippen LogP contribution in [0.4, 0.5) is 14.4 Å². The molecule has 38 heavy (non-hydrogen) atoms. The Bertz CT molecular complexity index is 769. The van der Waals surface area contributed by atoms with E-state index in [1.807, 2.05) is 20.8 Å². The van der Waals surface area contributed by atoms with Crippen molar-refractivity contribution < 1.29 is 33.8 Å². The second kappa shape index (κ2) is 15.6. The Hall–Kier alpha value is -2.76. The van der Waals surface area contributed by atoms with E-state index < -0.39 is 47.1 Å². The zero-order valence-electron chi connectivity index (χ0n) is 24.7. The Morgan fingerprint density at radius 3 is 1.89 bits per heavy atom. The maximum Gasteiger partial charge on any atom is 0.407 e. The number of hydrogen-bond acceptors (Lipinski definition) is 7. The Morgan fingerprint density at radius 2 is 1.39 bits per heavy atom. The largest absolute Gasteiger partial charge is 0.465 e. The summed E-state index contributed by atoms with van der Waals surface area (Å²) < 4.78 is 10.5. The lowest BCUT2D eigenvalue weighted by Crippen LogP contribution is -2.46. The highest BCUT2D eigenvalue weighted by molar-refractivity contribution is 5.76. The van der Waals surface area contributed by atoms with Crippen molar-refractivity contribution in [2.75, 3.05) is 19.6 Å². The first kappa shape index (κ1) is 35.2. The summed E-state index contributed by atoms with van der Waals surface area (Å²) in [5.74, 6) is -0.272. The lowest BCUT2D eigenvalue weighted by atomic mass is 10.0. The fourth-order valence-electron chi connectivity index (χ4n) is 3.43. The molecule has 0 aliphatic carbocycles. The van der Waals surface area contributed by atoms with Crippen molar-refractivity contribution in [3.8, 4) is 0 Å². The molecule has 222 valence electrons. The van der Waals surface area contributed by atoms with E-state index in [1.165, 1.54) is 4.90 Å².